The molecule has 0 aliphatic carbocycles. The molecule has 0 fully saturated rings. The van der Waals surface area contributed by atoms with E-state index in [2.05, 4.69) is 32.0 Å². The highest BCUT2D eigenvalue weighted by Gasteiger charge is 2.21. The van der Waals surface area contributed by atoms with Gasteiger partial charge in [-0.25, -0.2) is 18.7 Å². The molecule has 0 aliphatic heterocycles. The number of nitriles is 2. The summed E-state index contributed by atoms with van der Waals surface area (Å²) in [6.07, 6.45) is 3.13. The van der Waals surface area contributed by atoms with E-state index in [9.17, 15) is 10.5 Å². The van der Waals surface area contributed by atoms with Gasteiger partial charge < -0.3 is 11.5 Å². The van der Waals surface area contributed by atoms with Gasteiger partial charge in [0.05, 0.1) is 47.7 Å². The summed E-state index contributed by atoms with van der Waals surface area (Å²) in [6, 6.07) is 26.4. The lowest BCUT2D eigenvalue weighted by Crippen LogP contribution is -2.02. The molecule has 0 atom stereocenters. The van der Waals surface area contributed by atoms with Gasteiger partial charge in [0.1, 0.15) is 23.8 Å². The second kappa shape index (κ2) is 10.4. The summed E-state index contributed by atoms with van der Waals surface area (Å²) in [6.45, 7) is 14.7. The van der Waals surface area contributed by atoms with Crippen LogP contribution >= 0.6 is 0 Å². The van der Waals surface area contributed by atoms with Crippen LogP contribution in [0.4, 0.5) is 23.0 Å². The number of rotatable bonds is 2. The van der Waals surface area contributed by atoms with E-state index < -0.39 is 0 Å². The fourth-order valence-electron chi connectivity index (χ4n) is 4.54. The zero-order chi connectivity index (χ0) is 28.2. The van der Waals surface area contributed by atoms with Crippen molar-refractivity contribution in [3.8, 4) is 34.4 Å². The zero-order valence-electron chi connectivity index (χ0n) is 20.8. The van der Waals surface area contributed by atoms with Crippen LogP contribution in [-0.4, -0.2) is 19.2 Å². The minimum Gasteiger partial charge on any atom is -0.392 e. The van der Waals surface area contributed by atoms with Crippen LogP contribution in [-0.2, 0) is 0 Å². The first-order chi connectivity index (χ1) is 19.5. The highest BCUT2D eigenvalue weighted by atomic mass is 15.3. The Morgan fingerprint density at radius 1 is 0.625 bits per heavy atom. The lowest BCUT2D eigenvalue weighted by Gasteiger charge is -2.12. The Balaban J connectivity index is 0.000000161. The Labute approximate surface area is 228 Å². The molecule has 6 rings (SSSR count). The van der Waals surface area contributed by atoms with E-state index in [1.807, 2.05) is 60.7 Å². The molecule has 0 aliphatic rings. The van der Waals surface area contributed by atoms with E-state index in [0.717, 1.165) is 11.1 Å². The number of hydrogen-bond acceptors (Lipinski definition) is 6. The first kappa shape index (κ1) is 25.0. The normalized spacial score (nSPS) is 10.1. The van der Waals surface area contributed by atoms with Gasteiger partial charge in [-0.05, 0) is 23.3 Å². The van der Waals surface area contributed by atoms with E-state index in [4.69, 9.17) is 24.6 Å². The van der Waals surface area contributed by atoms with Crippen LogP contribution in [0.1, 0.15) is 11.1 Å². The third kappa shape index (κ3) is 3.97. The molecule has 0 spiro atoms. The van der Waals surface area contributed by atoms with Crippen LogP contribution in [0.15, 0.2) is 85.2 Å². The molecule has 0 unspecified atom stereocenters. The van der Waals surface area contributed by atoms with Gasteiger partial charge >= 0.3 is 0 Å². The molecule has 10 nitrogen and oxygen atoms in total. The average Bonchev–Trinajstić information content (AvgIpc) is 3.69. The molecule has 4 heterocycles. The number of hydrogen-bond donors (Lipinski definition) is 2. The van der Waals surface area contributed by atoms with Crippen molar-refractivity contribution in [1.29, 1.82) is 10.5 Å². The van der Waals surface area contributed by atoms with Gasteiger partial charge in [0.25, 0.3) is 0 Å². The van der Waals surface area contributed by atoms with Crippen molar-refractivity contribution in [2.75, 3.05) is 11.5 Å². The molecule has 10 heteroatoms. The summed E-state index contributed by atoms with van der Waals surface area (Å²) < 4.78 is 2.86. The van der Waals surface area contributed by atoms with Crippen LogP contribution in [0.2, 0.25) is 0 Å². The molecule has 2 aromatic carbocycles. The van der Waals surface area contributed by atoms with E-state index in [0.29, 0.717) is 33.3 Å². The molecule has 40 heavy (non-hydrogen) atoms. The van der Waals surface area contributed by atoms with Crippen LogP contribution in [0.5, 0.6) is 0 Å². The van der Waals surface area contributed by atoms with Crippen molar-refractivity contribution >= 4 is 34.0 Å². The van der Waals surface area contributed by atoms with Crippen molar-refractivity contribution in [3.63, 3.8) is 0 Å². The lowest BCUT2D eigenvalue weighted by atomic mass is 9.98. The molecule has 6 aromatic rings. The molecular weight excluding hydrogens is 500 g/mol. The standard InChI is InChI=1S/2C15H9N5/c2*1-18-14-13(10-5-3-2-4-6-10)11(9-16)12-7-8-19-20(12)15(14)17/h2*2-8H,17H2. The van der Waals surface area contributed by atoms with Crippen LogP contribution < -0.4 is 11.5 Å². The second-order valence-corrected chi connectivity index (χ2v) is 8.40. The van der Waals surface area contributed by atoms with Gasteiger partial charge in [0.2, 0.25) is 11.4 Å². The molecule has 0 radical (unpaired) electrons. The van der Waals surface area contributed by atoms with Crippen LogP contribution in [0, 0.1) is 35.8 Å². The summed E-state index contributed by atoms with van der Waals surface area (Å²) in [5.74, 6) is 0.496. The highest BCUT2D eigenvalue weighted by Crippen LogP contribution is 2.41. The fraction of sp³-hybridized carbons (Fsp3) is 0. The number of nitrogens with two attached hydrogens (primary N) is 2. The predicted molar refractivity (Wildman–Crippen MR) is 152 cm³/mol. The molecular formula is C30H18N10. The molecule has 0 amide bonds. The molecule has 4 aromatic heterocycles. The molecule has 4 N–H and O–H groups in total. The van der Waals surface area contributed by atoms with Gasteiger partial charge in [-0.2, -0.15) is 20.7 Å². The Hall–Kier alpha value is -6.62. The maximum atomic E-state index is 9.47. The fourth-order valence-corrected chi connectivity index (χ4v) is 4.54. The first-order valence-electron chi connectivity index (χ1n) is 11.8. The molecule has 188 valence electrons. The largest absolute Gasteiger partial charge is 0.392 e. The molecule has 0 bridgehead atoms. The lowest BCUT2D eigenvalue weighted by molar-refractivity contribution is 0.975. The average molecular weight is 519 g/mol. The Bertz CT molecular complexity index is 1910. The molecule has 0 saturated heterocycles. The maximum absolute atomic E-state index is 9.47. The highest BCUT2D eigenvalue weighted by molar-refractivity contribution is 5.95. The van der Waals surface area contributed by atoms with E-state index in [-0.39, 0.29) is 23.0 Å². The summed E-state index contributed by atoms with van der Waals surface area (Å²) in [7, 11) is 0. The van der Waals surface area contributed by atoms with E-state index >= 15 is 0 Å². The number of nitrogen functional groups attached to an aromatic ring is 2. The minimum absolute atomic E-state index is 0.248. The Morgan fingerprint density at radius 2 is 1.00 bits per heavy atom. The van der Waals surface area contributed by atoms with Crippen molar-refractivity contribution in [3.05, 3.63) is 119 Å². The van der Waals surface area contributed by atoms with E-state index in [1.165, 1.54) is 9.03 Å². The number of pyridine rings is 2. The monoisotopic (exact) mass is 518 g/mol. The quantitative estimate of drug-likeness (QED) is 0.269. The second-order valence-electron chi connectivity index (χ2n) is 8.40. The Morgan fingerprint density at radius 3 is 1.32 bits per heavy atom. The Kier molecular flexibility index (Phi) is 6.51. The van der Waals surface area contributed by atoms with Crippen LogP contribution in [0.25, 0.3) is 43.0 Å². The molecule has 0 saturated carbocycles. The summed E-state index contributed by atoms with van der Waals surface area (Å²) in [5, 5.41) is 27.1. The van der Waals surface area contributed by atoms with Crippen molar-refractivity contribution in [2.24, 2.45) is 0 Å². The smallest absolute Gasteiger partial charge is 0.237 e. The van der Waals surface area contributed by atoms with Gasteiger partial charge in [-0.3, -0.25) is 0 Å². The third-order valence-electron chi connectivity index (χ3n) is 6.29. The third-order valence-corrected chi connectivity index (χ3v) is 6.29. The topological polar surface area (TPSA) is 143 Å². The number of nitrogens with zero attached hydrogens (tertiary/aromatic N) is 8. The van der Waals surface area contributed by atoms with Crippen LogP contribution in [0.3, 0.4) is 0 Å². The first-order valence-corrected chi connectivity index (χ1v) is 11.8. The van der Waals surface area contributed by atoms with Gasteiger partial charge in [0.15, 0.2) is 0 Å². The van der Waals surface area contributed by atoms with Crippen molar-refractivity contribution in [1.82, 2.24) is 19.2 Å². The van der Waals surface area contributed by atoms with Crippen molar-refractivity contribution < 1.29 is 0 Å². The number of aromatic nitrogens is 4. The van der Waals surface area contributed by atoms with Gasteiger partial charge in [-0.15, -0.1) is 0 Å². The van der Waals surface area contributed by atoms with E-state index in [1.54, 1.807) is 24.5 Å². The number of fused-ring (bicyclic) bond motifs is 2. The summed E-state index contributed by atoms with van der Waals surface area (Å²) in [4.78, 5) is 7.00. The zero-order valence-corrected chi connectivity index (χ0v) is 20.8. The number of anilines is 2. The SMILES string of the molecule is [C-]#[N+]c1c(-c2ccccc2)c(C#N)c2ccnn2c1N.[C-]#[N+]c1c(-c2ccccc2)c(C#N)c2ccnn2c1N. The predicted octanol–water partition coefficient (Wildman–Crippen LogP) is 6.01. The minimum atomic E-state index is 0.248. The number of benzene rings is 2. The maximum Gasteiger partial charge on any atom is 0.237 e. The van der Waals surface area contributed by atoms with Gasteiger partial charge in [-0.1, -0.05) is 60.7 Å². The summed E-state index contributed by atoms with van der Waals surface area (Å²) in [5.41, 5.74) is 17.3. The van der Waals surface area contributed by atoms with Crippen molar-refractivity contribution in [2.45, 2.75) is 0 Å². The van der Waals surface area contributed by atoms with Gasteiger partial charge in [0, 0.05) is 11.1 Å². The summed E-state index contributed by atoms with van der Waals surface area (Å²) >= 11 is 0.